The van der Waals surface area contributed by atoms with Crippen molar-refractivity contribution in [2.75, 3.05) is 18.1 Å². The Labute approximate surface area is 241 Å². The van der Waals surface area contributed by atoms with Gasteiger partial charge in [0, 0.05) is 16.3 Å². The molecular formula is C28H20ClN3O6S2. The summed E-state index contributed by atoms with van der Waals surface area (Å²) in [4.78, 5) is 28.1. The van der Waals surface area contributed by atoms with Crippen LogP contribution in [-0.2, 0) is 15.3 Å². The molecule has 1 fully saturated rings. The number of amides is 1. The van der Waals surface area contributed by atoms with Crippen LogP contribution in [-0.4, -0.2) is 45.3 Å². The van der Waals surface area contributed by atoms with E-state index in [0.717, 1.165) is 16.9 Å². The lowest BCUT2D eigenvalue weighted by Gasteiger charge is -2.23. The van der Waals surface area contributed by atoms with Crippen LogP contribution in [0.4, 0.5) is 5.13 Å². The number of thioether (sulfide) groups is 1. The maximum atomic E-state index is 13.4. The summed E-state index contributed by atoms with van der Waals surface area (Å²) in [5.74, 6) is -0.731. The number of anilines is 1. The van der Waals surface area contributed by atoms with E-state index in [9.17, 15) is 19.8 Å². The summed E-state index contributed by atoms with van der Waals surface area (Å²) in [7, 11) is 0. The molecule has 0 spiro atoms. The molecule has 1 amide bonds. The Bertz CT molecular complexity index is 1670. The van der Waals surface area contributed by atoms with Crippen molar-refractivity contribution < 1.29 is 29.3 Å². The maximum Gasteiger partial charge on any atom is 0.301 e. The summed E-state index contributed by atoms with van der Waals surface area (Å²) < 4.78 is 11.7. The molecule has 0 saturated carbocycles. The molecular weight excluding hydrogens is 574 g/mol. The number of aromatic nitrogens is 2. The van der Waals surface area contributed by atoms with E-state index in [2.05, 4.69) is 10.2 Å². The first-order valence-electron chi connectivity index (χ1n) is 12.1. The van der Waals surface area contributed by atoms with Gasteiger partial charge in [-0.1, -0.05) is 65.0 Å². The SMILES string of the molecule is O=C1C(=O)N(c2nnc(SCc3ccccc3Cl)s2)[C@H](c2cccc(O)c2)C1=C(O)c1ccc2c(c1)OCCO2. The van der Waals surface area contributed by atoms with Gasteiger partial charge in [-0.2, -0.15) is 0 Å². The number of phenolic OH excluding ortho intramolecular Hbond substituents is 1. The van der Waals surface area contributed by atoms with Gasteiger partial charge in [-0.25, -0.2) is 0 Å². The summed E-state index contributed by atoms with van der Waals surface area (Å²) in [6.45, 7) is 0.750. The maximum absolute atomic E-state index is 13.4. The molecule has 9 nitrogen and oxygen atoms in total. The van der Waals surface area contributed by atoms with E-state index in [1.807, 2.05) is 18.2 Å². The number of nitrogens with zero attached hydrogens (tertiary/aromatic N) is 3. The van der Waals surface area contributed by atoms with Crippen molar-refractivity contribution in [1.29, 1.82) is 0 Å². The fourth-order valence-corrected chi connectivity index (χ4v) is 6.65. The number of aliphatic hydroxyl groups is 1. The molecule has 12 heteroatoms. The average Bonchev–Trinajstić information content (AvgIpc) is 3.54. The van der Waals surface area contributed by atoms with Crippen LogP contribution in [0, 0.1) is 0 Å². The Hall–Kier alpha value is -4.06. The van der Waals surface area contributed by atoms with E-state index in [1.54, 1.807) is 36.4 Å². The van der Waals surface area contributed by atoms with Crippen molar-refractivity contribution in [2.24, 2.45) is 0 Å². The standard InChI is InChI=1S/C28H20ClN3O6S2/c29-19-7-2-1-4-17(19)14-39-28-31-30-27(40-28)32-23(15-5-3-6-18(33)12-15)22(25(35)26(32)36)24(34)16-8-9-20-21(13-16)38-11-10-37-20/h1-9,12-13,23,33-34H,10-11,14H2/t23-/m1/s1. The second-order valence-corrected chi connectivity index (χ2v) is 11.4. The van der Waals surface area contributed by atoms with E-state index in [1.165, 1.54) is 28.8 Å². The number of aliphatic hydroxyl groups excluding tert-OH is 1. The Kier molecular flexibility index (Phi) is 7.09. The van der Waals surface area contributed by atoms with Crippen molar-refractivity contribution in [3.05, 3.63) is 94.0 Å². The highest BCUT2D eigenvalue weighted by Gasteiger charge is 2.48. The number of fused-ring (bicyclic) bond motifs is 1. The van der Waals surface area contributed by atoms with E-state index < -0.39 is 17.7 Å². The minimum Gasteiger partial charge on any atom is -0.508 e. The average molecular weight is 594 g/mol. The van der Waals surface area contributed by atoms with Gasteiger partial charge in [0.25, 0.3) is 5.78 Å². The molecule has 202 valence electrons. The van der Waals surface area contributed by atoms with Gasteiger partial charge in [0.05, 0.1) is 11.6 Å². The molecule has 4 aromatic rings. The molecule has 0 bridgehead atoms. The number of hydrogen-bond acceptors (Lipinski definition) is 10. The summed E-state index contributed by atoms with van der Waals surface area (Å²) in [6, 6.07) is 17.4. The van der Waals surface area contributed by atoms with Gasteiger partial charge in [0.2, 0.25) is 5.13 Å². The molecule has 40 heavy (non-hydrogen) atoms. The van der Waals surface area contributed by atoms with Crippen molar-refractivity contribution >= 4 is 57.3 Å². The number of ether oxygens (including phenoxy) is 2. The smallest absolute Gasteiger partial charge is 0.301 e. The van der Waals surface area contributed by atoms with Crippen molar-refractivity contribution in [2.45, 2.75) is 16.1 Å². The molecule has 0 unspecified atom stereocenters. The van der Waals surface area contributed by atoms with Crippen LogP contribution in [0.5, 0.6) is 17.2 Å². The number of halogens is 1. The van der Waals surface area contributed by atoms with Gasteiger partial charge in [0.15, 0.2) is 15.8 Å². The third kappa shape index (κ3) is 4.87. The first-order valence-corrected chi connectivity index (χ1v) is 14.3. The van der Waals surface area contributed by atoms with Crippen molar-refractivity contribution in [3.8, 4) is 17.2 Å². The Morgan fingerprint density at radius 3 is 2.62 bits per heavy atom. The fraction of sp³-hybridized carbons (Fsp3) is 0.143. The largest absolute Gasteiger partial charge is 0.508 e. The number of phenols is 1. The molecule has 6 rings (SSSR count). The topological polar surface area (TPSA) is 122 Å². The number of benzene rings is 3. The van der Waals surface area contributed by atoms with Crippen LogP contribution in [0.1, 0.15) is 22.7 Å². The van der Waals surface area contributed by atoms with Gasteiger partial charge in [-0.05, 0) is 47.5 Å². The lowest BCUT2D eigenvalue weighted by atomic mass is 9.95. The van der Waals surface area contributed by atoms with Crippen LogP contribution in [0.25, 0.3) is 5.76 Å². The van der Waals surface area contributed by atoms with Crippen LogP contribution in [0.3, 0.4) is 0 Å². The molecule has 1 saturated heterocycles. The second-order valence-electron chi connectivity index (χ2n) is 8.85. The third-order valence-electron chi connectivity index (χ3n) is 6.36. The number of carbonyl (C=O) groups is 2. The van der Waals surface area contributed by atoms with Crippen molar-refractivity contribution in [3.63, 3.8) is 0 Å². The van der Waals surface area contributed by atoms with Gasteiger partial charge >= 0.3 is 5.91 Å². The molecule has 3 aromatic carbocycles. The van der Waals surface area contributed by atoms with E-state index in [4.69, 9.17) is 21.1 Å². The summed E-state index contributed by atoms with van der Waals surface area (Å²) in [5, 5.41) is 30.8. The third-order valence-corrected chi connectivity index (χ3v) is 8.83. The molecule has 1 aromatic heterocycles. The zero-order valence-electron chi connectivity index (χ0n) is 20.6. The highest BCUT2D eigenvalue weighted by Crippen LogP contribution is 2.45. The number of hydrogen-bond donors (Lipinski definition) is 2. The predicted octanol–water partition coefficient (Wildman–Crippen LogP) is 5.59. The second kappa shape index (κ2) is 10.8. The van der Waals surface area contributed by atoms with E-state index in [0.29, 0.717) is 45.4 Å². The number of Topliss-reactive ketones (excluding diaryl/α,β-unsaturated/α-hetero) is 1. The van der Waals surface area contributed by atoms with E-state index in [-0.39, 0.29) is 27.8 Å². The number of carbonyl (C=O) groups excluding carboxylic acids is 2. The molecule has 2 N–H and O–H groups in total. The molecule has 1 atom stereocenters. The Balaban J connectivity index is 1.39. The van der Waals surface area contributed by atoms with Crippen LogP contribution in [0.15, 0.2) is 76.6 Å². The molecule has 0 radical (unpaired) electrons. The van der Waals surface area contributed by atoms with E-state index >= 15 is 0 Å². The monoisotopic (exact) mass is 593 g/mol. The molecule has 3 heterocycles. The minimum atomic E-state index is -1.06. The number of aromatic hydroxyl groups is 1. The zero-order chi connectivity index (χ0) is 27.8. The van der Waals surface area contributed by atoms with Gasteiger partial charge in [-0.15, -0.1) is 10.2 Å². The van der Waals surface area contributed by atoms with Gasteiger partial charge < -0.3 is 19.7 Å². The summed E-state index contributed by atoms with van der Waals surface area (Å²) in [5.41, 5.74) is 1.47. The Morgan fingerprint density at radius 1 is 1.02 bits per heavy atom. The van der Waals surface area contributed by atoms with Crippen molar-refractivity contribution in [1.82, 2.24) is 10.2 Å². The lowest BCUT2D eigenvalue weighted by Crippen LogP contribution is -2.29. The summed E-state index contributed by atoms with van der Waals surface area (Å²) in [6.07, 6.45) is 0. The molecule has 2 aliphatic rings. The van der Waals surface area contributed by atoms with Gasteiger partial charge in [0.1, 0.15) is 24.7 Å². The van der Waals surface area contributed by atoms with Gasteiger partial charge in [-0.3, -0.25) is 14.5 Å². The minimum absolute atomic E-state index is 0.0596. The zero-order valence-corrected chi connectivity index (χ0v) is 23.0. The van der Waals surface area contributed by atoms with Crippen LogP contribution >= 0.6 is 34.7 Å². The Morgan fingerprint density at radius 2 is 1.82 bits per heavy atom. The molecule has 0 aliphatic carbocycles. The highest BCUT2D eigenvalue weighted by atomic mass is 35.5. The number of rotatable bonds is 6. The first kappa shape index (κ1) is 26.2. The number of ketones is 1. The highest BCUT2D eigenvalue weighted by molar-refractivity contribution is 8.00. The quantitative estimate of drug-likeness (QED) is 0.0968. The fourth-order valence-electron chi connectivity index (χ4n) is 4.50. The molecule has 2 aliphatic heterocycles. The summed E-state index contributed by atoms with van der Waals surface area (Å²) >= 11 is 8.80. The van der Waals surface area contributed by atoms with Crippen LogP contribution in [0.2, 0.25) is 5.02 Å². The first-order chi connectivity index (χ1) is 19.4. The normalized spacial score (nSPS) is 17.8. The lowest BCUT2D eigenvalue weighted by molar-refractivity contribution is -0.132. The predicted molar refractivity (Wildman–Crippen MR) is 151 cm³/mol. The van der Waals surface area contributed by atoms with Crippen LogP contribution < -0.4 is 14.4 Å².